The van der Waals surface area contributed by atoms with Gasteiger partial charge in [-0.3, -0.25) is 0 Å². The van der Waals surface area contributed by atoms with E-state index in [1.165, 1.54) is 11.8 Å². The van der Waals surface area contributed by atoms with Crippen molar-refractivity contribution >= 4 is 32.6 Å². The maximum absolute atomic E-state index is 12.4. The molecule has 180 valence electrons. The number of nitrogens with zero attached hydrogens (tertiary/aromatic N) is 3. The van der Waals surface area contributed by atoms with Gasteiger partial charge in [0.05, 0.1) is 12.7 Å². The van der Waals surface area contributed by atoms with Crippen molar-refractivity contribution in [2.24, 2.45) is 7.05 Å². The summed E-state index contributed by atoms with van der Waals surface area (Å²) in [6.45, 7) is 5.18. The Morgan fingerprint density at radius 3 is 2.47 bits per heavy atom. The number of aromatic nitrogens is 1. The molecule has 0 spiro atoms. The van der Waals surface area contributed by atoms with Gasteiger partial charge in [-0.25, -0.2) is 13.1 Å². The van der Waals surface area contributed by atoms with Crippen molar-refractivity contribution in [3.8, 4) is 17.3 Å². The Morgan fingerprint density at radius 1 is 1.15 bits per heavy atom. The SMILES string of the molecule is CCN(CC)c1ccc2cc(-c3ccc(/C=C(\C#N)S(=O)(=O)NCC(O)CO)n3C)ccc2c1. The Kier molecular flexibility index (Phi) is 8.12. The lowest BCUT2D eigenvalue weighted by atomic mass is 10.0. The average molecular weight is 483 g/mol. The molecular formula is C25H30N4O4S. The van der Waals surface area contributed by atoms with E-state index in [2.05, 4.69) is 53.8 Å². The van der Waals surface area contributed by atoms with Gasteiger partial charge in [0, 0.05) is 43.8 Å². The monoisotopic (exact) mass is 482 g/mol. The molecule has 1 aromatic heterocycles. The predicted molar refractivity (Wildman–Crippen MR) is 136 cm³/mol. The van der Waals surface area contributed by atoms with Gasteiger partial charge >= 0.3 is 0 Å². The van der Waals surface area contributed by atoms with Crippen LogP contribution in [0.2, 0.25) is 0 Å². The molecular weight excluding hydrogens is 452 g/mol. The highest BCUT2D eigenvalue weighted by molar-refractivity contribution is 7.93. The average Bonchev–Trinajstić information content (AvgIpc) is 3.21. The molecule has 0 fully saturated rings. The van der Waals surface area contributed by atoms with Crippen LogP contribution in [0.4, 0.5) is 5.69 Å². The smallest absolute Gasteiger partial charge is 0.250 e. The molecule has 34 heavy (non-hydrogen) atoms. The maximum Gasteiger partial charge on any atom is 0.250 e. The van der Waals surface area contributed by atoms with Crippen molar-refractivity contribution in [2.45, 2.75) is 20.0 Å². The summed E-state index contributed by atoms with van der Waals surface area (Å²) in [5.41, 5.74) is 3.56. The molecule has 1 heterocycles. The van der Waals surface area contributed by atoms with E-state index in [-0.39, 0.29) is 6.54 Å². The van der Waals surface area contributed by atoms with Gasteiger partial charge in [0.1, 0.15) is 6.07 Å². The van der Waals surface area contributed by atoms with Crippen molar-refractivity contribution in [2.75, 3.05) is 31.1 Å². The largest absolute Gasteiger partial charge is 0.394 e. The molecule has 2 aromatic carbocycles. The zero-order valence-corrected chi connectivity index (χ0v) is 20.4. The van der Waals surface area contributed by atoms with Crippen LogP contribution in [0.1, 0.15) is 19.5 Å². The molecule has 1 unspecified atom stereocenters. The van der Waals surface area contributed by atoms with Crippen LogP contribution in [0.25, 0.3) is 28.1 Å². The Labute approximate surface area is 200 Å². The van der Waals surface area contributed by atoms with Crippen LogP contribution < -0.4 is 9.62 Å². The van der Waals surface area contributed by atoms with Gasteiger partial charge in [-0.2, -0.15) is 5.26 Å². The van der Waals surface area contributed by atoms with Gasteiger partial charge in [0.2, 0.25) is 0 Å². The summed E-state index contributed by atoms with van der Waals surface area (Å²) in [7, 11) is -2.33. The summed E-state index contributed by atoms with van der Waals surface area (Å²) < 4.78 is 28.8. The molecule has 3 N–H and O–H groups in total. The van der Waals surface area contributed by atoms with E-state index in [0.29, 0.717) is 5.69 Å². The Bertz CT molecular complexity index is 1330. The number of aliphatic hydroxyl groups is 2. The van der Waals surface area contributed by atoms with Crippen molar-refractivity contribution in [1.82, 2.24) is 9.29 Å². The first-order valence-electron chi connectivity index (χ1n) is 11.1. The van der Waals surface area contributed by atoms with Gasteiger partial charge in [0.25, 0.3) is 10.0 Å². The minimum atomic E-state index is -4.13. The first kappa shape index (κ1) is 25.5. The van der Waals surface area contributed by atoms with Gasteiger partial charge < -0.3 is 19.7 Å². The second kappa shape index (κ2) is 10.8. The molecule has 3 rings (SSSR count). The first-order valence-corrected chi connectivity index (χ1v) is 12.6. The lowest BCUT2D eigenvalue weighted by Gasteiger charge is -2.21. The first-order chi connectivity index (χ1) is 16.2. The van der Waals surface area contributed by atoms with Crippen molar-refractivity contribution in [3.05, 3.63) is 59.1 Å². The summed E-state index contributed by atoms with van der Waals surface area (Å²) in [6.07, 6.45) is 0.0431. The number of hydrogen-bond donors (Lipinski definition) is 3. The van der Waals surface area contributed by atoms with Crippen molar-refractivity contribution in [1.29, 1.82) is 5.26 Å². The summed E-state index contributed by atoms with van der Waals surface area (Å²) in [5, 5.41) is 29.9. The minimum Gasteiger partial charge on any atom is -0.394 e. The van der Waals surface area contributed by atoms with Gasteiger partial charge in [0.15, 0.2) is 4.91 Å². The highest BCUT2D eigenvalue weighted by Crippen LogP contribution is 2.29. The quantitative estimate of drug-likeness (QED) is 0.383. The third kappa shape index (κ3) is 5.48. The lowest BCUT2D eigenvalue weighted by molar-refractivity contribution is 0.0989. The molecule has 0 radical (unpaired) electrons. The molecule has 3 aromatic rings. The number of allylic oxidation sites excluding steroid dienone is 1. The van der Waals surface area contributed by atoms with E-state index in [1.807, 2.05) is 16.7 Å². The Morgan fingerprint density at radius 2 is 1.82 bits per heavy atom. The molecule has 0 aliphatic carbocycles. The number of benzene rings is 2. The Hall–Kier alpha value is -3.16. The van der Waals surface area contributed by atoms with Crippen LogP contribution in [0, 0.1) is 11.3 Å². The summed E-state index contributed by atoms with van der Waals surface area (Å²) >= 11 is 0. The number of aliphatic hydroxyl groups excluding tert-OH is 2. The van der Waals surface area contributed by atoms with Crippen LogP contribution in [-0.4, -0.2) is 55.5 Å². The van der Waals surface area contributed by atoms with Gasteiger partial charge in [-0.05, 0) is 66.6 Å². The van der Waals surface area contributed by atoms with E-state index < -0.39 is 27.6 Å². The third-order valence-electron chi connectivity index (χ3n) is 5.81. The number of anilines is 1. The fourth-order valence-corrected chi connectivity index (χ4v) is 4.76. The predicted octanol–water partition coefficient (Wildman–Crippen LogP) is 2.83. The molecule has 0 saturated heterocycles. The fourth-order valence-electron chi connectivity index (χ4n) is 3.79. The number of nitrogens with one attached hydrogen (secondary N) is 1. The zero-order valence-electron chi connectivity index (χ0n) is 19.6. The minimum absolute atomic E-state index is 0.386. The summed E-state index contributed by atoms with van der Waals surface area (Å²) in [4.78, 5) is 1.82. The molecule has 1 atom stereocenters. The van der Waals surface area contributed by atoms with Crippen molar-refractivity contribution < 1.29 is 18.6 Å². The third-order valence-corrected chi connectivity index (χ3v) is 7.14. The van der Waals surface area contributed by atoms with Crippen LogP contribution in [0.15, 0.2) is 53.4 Å². The number of hydrogen-bond acceptors (Lipinski definition) is 6. The molecule has 0 aliphatic heterocycles. The van der Waals surface area contributed by atoms with Gasteiger partial charge in [-0.1, -0.05) is 18.2 Å². The van der Waals surface area contributed by atoms with Gasteiger partial charge in [-0.15, -0.1) is 0 Å². The molecule has 8 nitrogen and oxygen atoms in total. The second-order valence-electron chi connectivity index (χ2n) is 7.93. The number of nitriles is 1. The van der Waals surface area contributed by atoms with E-state index in [4.69, 9.17) is 5.11 Å². The number of sulfonamides is 1. The second-order valence-corrected chi connectivity index (χ2v) is 9.67. The highest BCUT2D eigenvalue weighted by atomic mass is 32.2. The van der Waals surface area contributed by atoms with E-state index in [9.17, 15) is 18.8 Å². The standard InChI is InChI=1S/C25H30N4O4S/c1-4-29(5-2)22-9-8-18-12-20(7-6-19(18)13-22)25-11-10-21(28(25)3)14-24(15-26)34(32,33)27-16-23(31)17-30/h6-14,23,27,30-31H,4-5,16-17H2,1-3H3/b24-14+. The maximum atomic E-state index is 12.4. The topological polar surface area (TPSA) is 119 Å². The van der Waals surface area contributed by atoms with Crippen LogP contribution >= 0.6 is 0 Å². The number of fused-ring (bicyclic) bond motifs is 1. The normalized spacial score (nSPS) is 13.1. The zero-order chi connectivity index (χ0) is 24.9. The highest BCUT2D eigenvalue weighted by Gasteiger charge is 2.20. The molecule has 9 heteroatoms. The molecule has 0 amide bonds. The fraction of sp³-hybridized carbons (Fsp3) is 0.320. The van der Waals surface area contributed by atoms with E-state index in [1.54, 1.807) is 19.2 Å². The van der Waals surface area contributed by atoms with Crippen LogP contribution in [0.5, 0.6) is 0 Å². The van der Waals surface area contributed by atoms with E-state index >= 15 is 0 Å². The van der Waals surface area contributed by atoms with Crippen LogP contribution in [-0.2, 0) is 17.1 Å². The van der Waals surface area contributed by atoms with Crippen LogP contribution in [0.3, 0.4) is 0 Å². The summed E-state index contributed by atoms with van der Waals surface area (Å²) in [6, 6.07) is 17.9. The molecule has 0 aliphatic rings. The van der Waals surface area contributed by atoms with Crippen molar-refractivity contribution in [3.63, 3.8) is 0 Å². The van der Waals surface area contributed by atoms with E-state index in [0.717, 1.165) is 35.1 Å². The lowest BCUT2D eigenvalue weighted by Crippen LogP contribution is -2.34. The molecule has 0 bridgehead atoms. The molecule has 0 saturated carbocycles. The summed E-state index contributed by atoms with van der Waals surface area (Å²) in [5.74, 6) is 0. The Balaban J connectivity index is 1.92. The number of rotatable bonds is 10.